The number of hydrogen-bond acceptors (Lipinski definition) is 0. The van der Waals surface area contributed by atoms with Crippen molar-refractivity contribution in [2.75, 3.05) is 6.67 Å². The molecule has 0 nitrogen and oxygen atoms in total. The van der Waals surface area contributed by atoms with E-state index in [4.69, 9.17) is 0 Å². The van der Waals surface area contributed by atoms with Crippen LogP contribution >= 0.6 is 0 Å². The Labute approximate surface area is 215 Å². The molecule has 0 spiro atoms. The molecule has 0 unspecified atom stereocenters. The fourth-order valence-electron chi connectivity index (χ4n) is 6.97. The number of alkyl halides is 1. The largest absolute Gasteiger partial charge is 0.251 e. The number of aryl methyl sites for hydroxylation is 1. The van der Waals surface area contributed by atoms with E-state index in [1.807, 2.05) is 0 Å². The van der Waals surface area contributed by atoms with E-state index in [-0.39, 0.29) is 6.67 Å². The summed E-state index contributed by atoms with van der Waals surface area (Å²) < 4.78 is 12.3. The monoisotopic (exact) mass is 476 g/mol. The Kier molecular flexibility index (Phi) is 10.7. The summed E-state index contributed by atoms with van der Waals surface area (Å²) in [6, 6.07) is 18.8. The molecule has 4 rings (SSSR count). The molecule has 0 saturated heterocycles. The first kappa shape index (κ1) is 26.4. The Morgan fingerprint density at radius 3 is 1.83 bits per heavy atom. The van der Waals surface area contributed by atoms with Gasteiger partial charge < -0.3 is 0 Å². The molecule has 0 bridgehead atoms. The van der Waals surface area contributed by atoms with E-state index in [2.05, 4.69) is 55.5 Å². The lowest BCUT2D eigenvalue weighted by atomic mass is 9.68. The zero-order valence-corrected chi connectivity index (χ0v) is 22.3. The molecule has 0 amide bonds. The van der Waals surface area contributed by atoms with Crippen molar-refractivity contribution in [3.05, 3.63) is 59.7 Å². The quantitative estimate of drug-likeness (QED) is 0.267. The van der Waals surface area contributed by atoms with Crippen molar-refractivity contribution in [1.29, 1.82) is 0 Å². The minimum atomic E-state index is -0.132. The minimum Gasteiger partial charge on any atom is -0.251 e. The molecule has 2 aliphatic rings. The lowest BCUT2D eigenvalue weighted by Crippen LogP contribution is -2.25. The Morgan fingerprint density at radius 1 is 0.629 bits per heavy atom. The van der Waals surface area contributed by atoms with E-state index in [9.17, 15) is 4.39 Å². The molecule has 2 aromatic carbocycles. The molecule has 2 aliphatic carbocycles. The summed E-state index contributed by atoms with van der Waals surface area (Å²) in [6.45, 7) is 2.14. The maximum Gasteiger partial charge on any atom is 0.0894 e. The molecule has 35 heavy (non-hydrogen) atoms. The van der Waals surface area contributed by atoms with Crippen LogP contribution in [0.2, 0.25) is 0 Å². The van der Waals surface area contributed by atoms with E-state index < -0.39 is 0 Å². The predicted molar refractivity (Wildman–Crippen MR) is 150 cm³/mol. The smallest absolute Gasteiger partial charge is 0.0894 e. The van der Waals surface area contributed by atoms with Crippen LogP contribution in [0.3, 0.4) is 0 Å². The molecule has 2 aromatic rings. The summed E-state index contributed by atoms with van der Waals surface area (Å²) in [4.78, 5) is 0. The molecular formula is C34H49F. The van der Waals surface area contributed by atoms with Gasteiger partial charge in [0.1, 0.15) is 0 Å². The Morgan fingerprint density at radius 2 is 1.23 bits per heavy atom. The van der Waals surface area contributed by atoms with Crippen LogP contribution in [0.5, 0.6) is 0 Å². The van der Waals surface area contributed by atoms with Crippen LogP contribution < -0.4 is 0 Å². The highest BCUT2D eigenvalue weighted by Gasteiger charge is 2.31. The van der Waals surface area contributed by atoms with Crippen molar-refractivity contribution in [2.45, 2.75) is 116 Å². The van der Waals surface area contributed by atoms with Crippen molar-refractivity contribution in [2.24, 2.45) is 17.8 Å². The summed E-state index contributed by atoms with van der Waals surface area (Å²) in [5.41, 5.74) is 5.72. The van der Waals surface area contributed by atoms with Gasteiger partial charge in [0.15, 0.2) is 0 Å². The van der Waals surface area contributed by atoms with Gasteiger partial charge in [0.25, 0.3) is 0 Å². The van der Waals surface area contributed by atoms with Gasteiger partial charge in [0.2, 0.25) is 0 Å². The van der Waals surface area contributed by atoms with Gasteiger partial charge in [0.05, 0.1) is 6.67 Å². The number of hydrogen-bond donors (Lipinski definition) is 0. The van der Waals surface area contributed by atoms with Gasteiger partial charge in [-0.25, -0.2) is 0 Å². The number of unbranched alkanes of at least 4 members (excludes halogenated alkanes) is 4. The molecule has 0 radical (unpaired) electrons. The zero-order chi connectivity index (χ0) is 24.3. The minimum absolute atomic E-state index is 0.132. The third-order valence-corrected chi connectivity index (χ3v) is 9.31. The molecular weight excluding hydrogens is 427 g/mol. The van der Waals surface area contributed by atoms with Crippen molar-refractivity contribution < 1.29 is 4.39 Å². The number of halogens is 1. The van der Waals surface area contributed by atoms with Crippen molar-refractivity contribution >= 4 is 0 Å². The Hall–Kier alpha value is -1.63. The third-order valence-electron chi connectivity index (χ3n) is 9.31. The predicted octanol–water partition coefficient (Wildman–Crippen LogP) is 10.7. The summed E-state index contributed by atoms with van der Waals surface area (Å²) in [7, 11) is 0. The van der Waals surface area contributed by atoms with E-state index in [1.165, 1.54) is 107 Å². The standard InChI is InChI=1S/C34H49F/c1-2-3-5-8-27-10-14-29(15-11-27)31-18-22-33(23-19-31)34-24-20-32(21-25-34)30-16-12-28(13-17-30)9-6-4-7-26-35/h10-11,14-15,18-19,22-23,28,30,32,34H,2-9,12-13,16-17,20-21,24-26H2,1H3/t28-,30-,32?,34?. The van der Waals surface area contributed by atoms with Crippen LogP contribution in [0, 0.1) is 17.8 Å². The molecule has 1 heteroatoms. The van der Waals surface area contributed by atoms with Crippen LogP contribution in [0.1, 0.15) is 120 Å². The Bertz CT molecular complexity index is 820. The second-order valence-corrected chi connectivity index (χ2v) is 11.7. The second-order valence-electron chi connectivity index (χ2n) is 11.7. The topological polar surface area (TPSA) is 0 Å². The van der Waals surface area contributed by atoms with Gasteiger partial charge in [-0.3, -0.25) is 4.39 Å². The average Bonchev–Trinajstić information content (AvgIpc) is 2.92. The molecule has 192 valence electrons. The number of benzene rings is 2. The van der Waals surface area contributed by atoms with Gasteiger partial charge >= 0.3 is 0 Å². The van der Waals surface area contributed by atoms with E-state index >= 15 is 0 Å². The van der Waals surface area contributed by atoms with Gasteiger partial charge in [-0.15, -0.1) is 0 Å². The molecule has 0 aliphatic heterocycles. The molecule has 0 N–H and O–H groups in total. The average molecular weight is 477 g/mol. The van der Waals surface area contributed by atoms with Crippen molar-refractivity contribution in [3.8, 4) is 11.1 Å². The van der Waals surface area contributed by atoms with Crippen LogP contribution in [0.4, 0.5) is 4.39 Å². The van der Waals surface area contributed by atoms with Crippen molar-refractivity contribution in [3.63, 3.8) is 0 Å². The first-order chi connectivity index (χ1) is 17.3. The van der Waals surface area contributed by atoms with E-state index in [0.29, 0.717) is 0 Å². The molecule has 2 saturated carbocycles. The zero-order valence-electron chi connectivity index (χ0n) is 22.3. The maximum absolute atomic E-state index is 12.3. The van der Waals surface area contributed by atoms with Gasteiger partial charge in [-0.05, 0) is 104 Å². The fourth-order valence-corrected chi connectivity index (χ4v) is 6.97. The Balaban J connectivity index is 1.20. The van der Waals surface area contributed by atoms with Crippen LogP contribution in [0.15, 0.2) is 48.5 Å². The first-order valence-electron chi connectivity index (χ1n) is 15.0. The number of rotatable bonds is 12. The highest BCUT2D eigenvalue weighted by Crippen LogP contribution is 2.44. The highest BCUT2D eigenvalue weighted by atomic mass is 19.1. The van der Waals surface area contributed by atoms with E-state index in [0.717, 1.165) is 36.5 Å². The lowest BCUT2D eigenvalue weighted by molar-refractivity contribution is 0.155. The third kappa shape index (κ3) is 7.93. The fraction of sp³-hybridized carbons (Fsp3) is 0.647. The van der Waals surface area contributed by atoms with Crippen LogP contribution in [0.25, 0.3) is 11.1 Å². The van der Waals surface area contributed by atoms with Gasteiger partial charge in [0, 0.05) is 0 Å². The molecule has 2 fully saturated rings. The van der Waals surface area contributed by atoms with E-state index in [1.54, 1.807) is 5.56 Å². The van der Waals surface area contributed by atoms with Gasteiger partial charge in [-0.1, -0.05) is 100 Å². The van der Waals surface area contributed by atoms with Crippen LogP contribution in [-0.4, -0.2) is 6.67 Å². The van der Waals surface area contributed by atoms with Crippen molar-refractivity contribution in [1.82, 2.24) is 0 Å². The molecule has 0 heterocycles. The molecule has 0 aromatic heterocycles. The molecule has 0 atom stereocenters. The summed E-state index contributed by atoms with van der Waals surface area (Å²) in [6.07, 6.45) is 21.0. The summed E-state index contributed by atoms with van der Waals surface area (Å²) in [5, 5.41) is 0. The maximum atomic E-state index is 12.3. The SMILES string of the molecule is CCCCCc1ccc(-c2ccc(C3CCC([C@H]4CC[C@H](CCCCCF)CC4)CC3)cc2)cc1. The first-order valence-corrected chi connectivity index (χ1v) is 15.0. The highest BCUT2D eigenvalue weighted by molar-refractivity contribution is 5.64. The van der Waals surface area contributed by atoms with Crippen LogP contribution in [-0.2, 0) is 6.42 Å². The summed E-state index contributed by atoms with van der Waals surface area (Å²) >= 11 is 0. The second kappa shape index (κ2) is 14.2. The van der Waals surface area contributed by atoms with Gasteiger partial charge in [-0.2, -0.15) is 0 Å². The lowest BCUT2D eigenvalue weighted by Gasteiger charge is -2.38. The normalized spacial score (nSPS) is 25.0. The summed E-state index contributed by atoms with van der Waals surface area (Å²) in [5.74, 6) is 3.63.